The number of carbonyl (C=O) groups excluding carboxylic acids is 1. The lowest BCUT2D eigenvalue weighted by Gasteiger charge is -2.10. The Hall–Kier alpha value is -3.61. The summed E-state index contributed by atoms with van der Waals surface area (Å²) in [5.74, 6) is 1.73. The molecule has 0 atom stereocenters. The summed E-state index contributed by atoms with van der Waals surface area (Å²) < 4.78 is 16.6. The molecule has 1 amide bonds. The van der Waals surface area contributed by atoms with Gasteiger partial charge < -0.3 is 19.5 Å². The molecule has 3 rings (SSSR count). The molecule has 0 unspecified atom stereocenters. The number of hydrogen-bond donors (Lipinski definition) is 1. The zero-order valence-electron chi connectivity index (χ0n) is 18.1. The molecule has 1 N–H and O–H groups in total. The molecule has 31 heavy (non-hydrogen) atoms. The van der Waals surface area contributed by atoms with Crippen molar-refractivity contribution in [3.63, 3.8) is 0 Å². The van der Waals surface area contributed by atoms with E-state index in [1.807, 2.05) is 69.3 Å². The Labute approximate surface area is 182 Å². The van der Waals surface area contributed by atoms with Crippen molar-refractivity contribution in [2.75, 3.05) is 26.4 Å². The SMILES string of the molecule is CCOc1ccc(-c2ccc(OCCNC(=O)COc3cc(C)ccc3C)nn2)cc1. The lowest BCUT2D eigenvalue weighted by molar-refractivity contribution is -0.123. The van der Waals surface area contributed by atoms with E-state index in [-0.39, 0.29) is 19.1 Å². The van der Waals surface area contributed by atoms with Crippen LogP contribution in [-0.2, 0) is 4.79 Å². The second-order valence-corrected chi connectivity index (χ2v) is 6.97. The van der Waals surface area contributed by atoms with Gasteiger partial charge in [-0.15, -0.1) is 10.2 Å². The maximum Gasteiger partial charge on any atom is 0.258 e. The van der Waals surface area contributed by atoms with Crippen molar-refractivity contribution in [3.05, 3.63) is 65.7 Å². The van der Waals surface area contributed by atoms with Crippen molar-refractivity contribution < 1.29 is 19.0 Å². The van der Waals surface area contributed by atoms with Crippen LogP contribution < -0.4 is 19.5 Å². The molecule has 7 nitrogen and oxygen atoms in total. The number of nitrogens with one attached hydrogen (secondary N) is 1. The minimum Gasteiger partial charge on any atom is -0.494 e. The number of aromatic nitrogens is 2. The van der Waals surface area contributed by atoms with Gasteiger partial charge in [0.2, 0.25) is 5.88 Å². The van der Waals surface area contributed by atoms with E-state index >= 15 is 0 Å². The molecular weight excluding hydrogens is 394 g/mol. The molecule has 1 heterocycles. The molecule has 0 aliphatic carbocycles. The lowest BCUT2D eigenvalue weighted by Crippen LogP contribution is -2.32. The van der Waals surface area contributed by atoms with Gasteiger partial charge in [0.25, 0.3) is 5.91 Å². The highest BCUT2D eigenvalue weighted by Crippen LogP contribution is 2.21. The quantitative estimate of drug-likeness (QED) is 0.502. The van der Waals surface area contributed by atoms with Crippen molar-refractivity contribution in [3.8, 4) is 28.6 Å². The summed E-state index contributed by atoms with van der Waals surface area (Å²) in [6.45, 7) is 7.10. The summed E-state index contributed by atoms with van der Waals surface area (Å²) in [4.78, 5) is 12.0. The summed E-state index contributed by atoms with van der Waals surface area (Å²) >= 11 is 0. The number of aryl methyl sites for hydroxylation is 2. The molecule has 162 valence electrons. The molecule has 1 aromatic heterocycles. The third kappa shape index (κ3) is 6.70. The standard InChI is InChI=1S/C24H27N3O4/c1-4-29-20-9-7-19(8-10-20)21-11-12-24(27-26-21)30-14-13-25-23(28)16-31-22-15-17(2)5-6-18(22)3/h5-12,15H,4,13-14,16H2,1-3H3,(H,25,28). The third-order valence-corrected chi connectivity index (χ3v) is 4.48. The maximum absolute atomic E-state index is 12.0. The molecule has 0 spiro atoms. The summed E-state index contributed by atoms with van der Waals surface area (Å²) in [5.41, 5.74) is 3.77. The first-order valence-electron chi connectivity index (χ1n) is 10.2. The van der Waals surface area contributed by atoms with E-state index in [4.69, 9.17) is 14.2 Å². The van der Waals surface area contributed by atoms with Crippen LogP contribution in [-0.4, -0.2) is 42.5 Å². The van der Waals surface area contributed by atoms with Gasteiger partial charge in [-0.3, -0.25) is 4.79 Å². The van der Waals surface area contributed by atoms with E-state index in [0.717, 1.165) is 28.1 Å². The fraction of sp³-hybridized carbons (Fsp3) is 0.292. The van der Waals surface area contributed by atoms with Crippen molar-refractivity contribution in [2.45, 2.75) is 20.8 Å². The molecule has 0 aliphatic heterocycles. The van der Waals surface area contributed by atoms with Gasteiger partial charge in [-0.05, 0) is 68.3 Å². The maximum atomic E-state index is 12.0. The highest BCUT2D eigenvalue weighted by atomic mass is 16.5. The average Bonchev–Trinajstić information content (AvgIpc) is 2.78. The smallest absolute Gasteiger partial charge is 0.258 e. The van der Waals surface area contributed by atoms with Crippen molar-refractivity contribution in [1.29, 1.82) is 0 Å². The molecule has 0 fully saturated rings. The van der Waals surface area contributed by atoms with Crippen LogP contribution in [0.4, 0.5) is 0 Å². The molecule has 3 aromatic rings. The summed E-state index contributed by atoms with van der Waals surface area (Å²) in [5, 5.41) is 11.0. The van der Waals surface area contributed by atoms with Gasteiger partial charge in [-0.25, -0.2) is 0 Å². The zero-order chi connectivity index (χ0) is 22.1. The Balaban J connectivity index is 1.39. The normalized spacial score (nSPS) is 10.4. The minimum atomic E-state index is -0.207. The second kappa shape index (κ2) is 11.0. The second-order valence-electron chi connectivity index (χ2n) is 6.97. The van der Waals surface area contributed by atoms with E-state index < -0.39 is 0 Å². The summed E-state index contributed by atoms with van der Waals surface area (Å²) in [6.07, 6.45) is 0. The number of ether oxygens (including phenoxy) is 3. The lowest BCUT2D eigenvalue weighted by atomic mass is 10.1. The van der Waals surface area contributed by atoms with E-state index in [0.29, 0.717) is 24.8 Å². The van der Waals surface area contributed by atoms with Crippen LogP contribution in [0.2, 0.25) is 0 Å². The molecule has 0 radical (unpaired) electrons. The number of rotatable bonds is 10. The number of nitrogens with zero attached hydrogens (tertiary/aromatic N) is 2. The van der Waals surface area contributed by atoms with Crippen LogP contribution in [0.5, 0.6) is 17.4 Å². The van der Waals surface area contributed by atoms with E-state index in [1.165, 1.54) is 0 Å². The van der Waals surface area contributed by atoms with Gasteiger partial charge in [0.05, 0.1) is 18.8 Å². The average molecular weight is 421 g/mol. The Morgan fingerprint density at radius 3 is 2.45 bits per heavy atom. The highest BCUT2D eigenvalue weighted by Gasteiger charge is 2.06. The first kappa shape index (κ1) is 22.1. The summed E-state index contributed by atoms with van der Waals surface area (Å²) in [6, 6.07) is 17.2. The van der Waals surface area contributed by atoms with Crippen LogP contribution in [0.15, 0.2) is 54.6 Å². The van der Waals surface area contributed by atoms with Crippen molar-refractivity contribution in [1.82, 2.24) is 15.5 Å². The monoisotopic (exact) mass is 421 g/mol. The molecule has 2 aromatic carbocycles. The zero-order valence-corrected chi connectivity index (χ0v) is 18.1. The minimum absolute atomic E-state index is 0.0408. The molecule has 0 saturated carbocycles. The first-order chi connectivity index (χ1) is 15.0. The van der Waals surface area contributed by atoms with Crippen LogP contribution in [0.1, 0.15) is 18.1 Å². The molecule has 7 heteroatoms. The Morgan fingerprint density at radius 1 is 0.935 bits per heavy atom. The van der Waals surface area contributed by atoms with E-state index in [2.05, 4.69) is 15.5 Å². The number of hydrogen-bond acceptors (Lipinski definition) is 6. The third-order valence-electron chi connectivity index (χ3n) is 4.48. The van der Waals surface area contributed by atoms with Crippen LogP contribution in [0, 0.1) is 13.8 Å². The molecule has 0 bridgehead atoms. The largest absolute Gasteiger partial charge is 0.494 e. The molecular formula is C24H27N3O4. The van der Waals surface area contributed by atoms with Gasteiger partial charge in [-0.1, -0.05) is 12.1 Å². The number of benzene rings is 2. The highest BCUT2D eigenvalue weighted by molar-refractivity contribution is 5.77. The first-order valence-corrected chi connectivity index (χ1v) is 10.2. The number of carbonyl (C=O) groups is 1. The Bertz CT molecular complexity index is 989. The topological polar surface area (TPSA) is 82.6 Å². The van der Waals surface area contributed by atoms with E-state index in [1.54, 1.807) is 6.07 Å². The van der Waals surface area contributed by atoms with Crippen molar-refractivity contribution in [2.24, 2.45) is 0 Å². The van der Waals surface area contributed by atoms with Crippen LogP contribution in [0.25, 0.3) is 11.3 Å². The van der Waals surface area contributed by atoms with Gasteiger partial charge in [0.15, 0.2) is 6.61 Å². The van der Waals surface area contributed by atoms with Crippen molar-refractivity contribution >= 4 is 5.91 Å². The van der Waals surface area contributed by atoms with Gasteiger partial charge in [0, 0.05) is 11.6 Å². The van der Waals surface area contributed by atoms with E-state index in [9.17, 15) is 4.79 Å². The Kier molecular flexibility index (Phi) is 7.81. The molecule has 0 saturated heterocycles. The predicted octanol–water partition coefficient (Wildman–Crippen LogP) is 3.73. The predicted molar refractivity (Wildman–Crippen MR) is 119 cm³/mol. The van der Waals surface area contributed by atoms with Crippen LogP contribution in [0.3, 0.4) is 0 Å². The van der Waals surface area contributed by atoms with Gasteiger partial charge in [-0.2, -0.15) is 0 Å². The number of amides is 1. The van der Waals surface area contributed by atoms with Crippen LogP contribution >= 0.6 is 0 Å². The molecule has 0 aliphatic rings. The fourth-order valence-corrected chi connectivity index (χ4v) is 2.84. The van der Waals surface area contributed by atoms with Gasteiger partial charge in [0.1, 0.15) is 18.1 Å². The Morgan fingerprint density at radius 2 is 1.74 bits per heavy atom. The fourth-order valence-electron chi connectivity index (χ4n) is 2.84. The summed E-state index contributed by atoms with van der Waals surface area (Å²) in [7, 11) is 0. The van der Waals surface area contributed by atoms with Gasteiger partial charge >= 0.3 is 0 Å².